The van der Waals surface area contributed by atoms with Gasteiger partial charge in [-0.1, -0.05) is 65.0 Å². The summed E-state index contributed by atoms with van der Waals surface area (Å²) in [5, 5.41) is 11.5. The summed E-state index contributed by atoms with van der Waals surface area (Å²) in [6.07, 6.45) is 9.16. The van der Waals surface area contributed by atoms with E-state index in [1.165, 1.54) is 12.4 Å². The van der Waals surface area contributed by atoms with Gasteiger partial charge in [0.25, 0.3) is 5.91 Å². The zero-order valence-corrected chi connectivity index (χ0v) is 33.0. The average molecular weight is 795 g/mol. The Labute approximate surface area is 326 Å². The van der Waals surface area contributed by atoms with E-state index in [-0.39, 0.29) is 55.7 Å². The highest BCUT2D eigenvalue weighted by atomic mass is 35.5. The quantitative estimate of drug-likeness (QED) is 0.115. The third kappa shape index (κ3) is 7.69. The van der Waals surface area contributed by atoms with Crippen molar-refractivity contribution in [3.8, 4) is 11.5 Å². The van der Waals surface area contributed by atoms with Crippen LogP contribution in [-0.4, -0.2) is 85.9 Å². The fraction of sp³-hybridized carbons (Fsp3) is 0.553. The molecule has 2 aromatic carbocycles. The molecule has 52 heavy (non-hydrogen) atoms. The smallest absolute Gasteiger partial charge is 0.266 e. The highest BCUT2D eigenvalue weighted by Gasteiger charge is 2.46. The molecule has 282 valence electrons. The minimum absolute atomic E-state index is 0.0316. The van der Waals surface area contributed by atoms with E-state index in [9.17, 15) is 9.59 Å². The Hall–Kier alpha value is -2.89. The first-order chi connectivity index (χ1) is 24.9. The number of piperidine rings is 1. The van der Waals surface area contributed by atoms with E-state index in [4.69, 9.17) is 67.0 Å². The SMILES string of the molecule is COc1cc(/C(C=N)=C/N)ccc1C(C1CCC1)N(C(=O)[C@@H]1CCCN(c2c(Cl)c(Cl)c(Cl)c(OC(C)(C)C(=O)N3CCNCC3)c2Cl)C1)C1CC1. The molecule has 0 aromatic heterocycles. The Bertz CT molecular complexity index is 1720. The number of methoxy groups -OCH3 is 1. The van der Waals surface area contributed by atoms with Gasteiger partial charge in [-0.3, -0.25) is 9.59 Å². The van der Waals surface area contributed by atoms with Gasteiger partial charge in [0, 0.05) is 68.9 Å². The van der Waals surface area contributed by atoms with Gasteiger partial charge in [-0.2, -0.15) is 0 Å². The van der Waals surface area contributed by atoms with Gasteiger partial charge in [0.2, 0.25) is 5.91 Å². The molecule has 4 N–H and O–H groups in total. The summed E-state index contributed by atoms with van der Waals surface area (Å²) < 4.78 is 12.3. The Kier molecular flexibility index (Phi) is 12.1. The highest BCUT2D eigenvalue weighted by molar-refractivity contribution is 6.52. The molecule has 2 heterocycles. The van der Waals surface area contributed by atoms with Crippen molar-refractivity contribution in [2.75, 3.05) is 51.3 Å². The number of ether oxygens (including phenoxy) is 2. The first kappa shape index (κ1) is 38.8. The van der Waals surface area contributed by atoms with Crippen LogP contribution < -0.4 is 25.4 Å². The summed E-state index contributed by atoms with van der Waals surface area (Å²) in [6, 6.07) is 5.90. The lowest BCUT2D eigenvalue weighted by Crippen LogP contribution is -2.54. The third-order valence-electron chi connectivity index (χ3n) is 10.9. The molecule has 4 fully saturated rings. The molecular formula is C38H48Cl4N6O4. The molecule has 2 amide bonds. The van der Waals surface area contributed by atoms with Crippen molar-refractivity contribution >= 4 is 75.7 Å². The van der Waals surface area contributed by atoms with Crippen molar-refractivity contribution in [3.63, 3.8) is 0 Å². The lowest BCUT2D eigenvalue weighted by molar-refractivity contribution is -0.146. The Morgan fingerprint density at radius 1 is 1.00 bits per heavy atom. The molecule has 6 rings (SSSR count). The van der Waals surface area contributed by atoms with Crippen molar-refractivity contribution in [1.82, 2.24) is 15.1 Å². The zero-order valence-electron chi connectivity index (χ0n) is 30.0. The van der Waals surface area contributed by atoms with E-state index in [0.29, 0.717) is 68.6 Å². The number of hydrogen-bond acceptors (Lipinski definition) is 8. The Balaban J connectivity index is 1.30. The van der Waals surface area contributed by atoms with Gasteiger partial charge in [0.1, 0.15) is 15.8 Å². The van der Waals surface area contributed by atoms with Gasteiger partial charge in [-0.15, -0.1) is 0 Å². The molecule has 10 nitrogen and oxygen atoms in total. The van der Waals surface area contributed by atoms with Crippen LogP contribution in [0.3, 0.4) is 0 Å². The summed E-state index contributed by atoms with van der Waals surface area (Å²) in [5.74, 6) is 0.662. The number of nitrogens with one attached hydrogen (secondary N) is 2. The molecular weight excluding hydrogens is 746 g/mol. The second-order valence-electron chi connectivity index (χ2n) is 14.7. The summed E-state index contributed by atoms with van der Waals surface area (Å²) in [5.41, 5.74) is 7.30. The first-order valence-electron chi connectivity index (χ1n) is 18.1. The third-order valence-corrected chi connectivity index (χ3v) is 12.5. The van der Waals surface area contributed by atoms with Crippen LogP contribution in [0.2, 0.25) is 20.1 Å². The van der Waals surface area contributed by atoms with Crippen molar-refractivity contribution < 1.29 is 19.1 Å². The van der Waals surface area contributed by atoms with Crippen LogP contribution in [0.1, 0.15) is 76.0 Å². The van der Waals surface area contributed by atoms with E-state index in [1.807, 2.05) is 23.1 Å². The summed E-state index contributed by atoms with van der Waals surface area (Å²) in [7, 11) is 1.64. The van der Waals surface area contributed by atoms with Gasteiger partial charge in [0.15, 0.2) is 11.4 Å². The van der Waals surface area contributed by atoms with Crippen molar-refractivity contribution in [1.29, 1.82) is 5.41 Å². The number of piperazine rings is 1. The van der Waals surface area contributed by atoms with Gasteiger partial charge in [0.05, 0.1) is 34.8 Å². The maximum atomic E-state index is 14.9. The predicted octanol–water partition coefficient (Wildman–Crippen LogP) is 7.60. The van der Waals surface area contributed by atoms with Crippen LogP contribution in [0, 0.1) is 17.2 Å². The highest BCUT2D eigenvalue weighted by Crippen LogP contribution is 2.53. The molecule has 1 unspecified atom stereocenters. The fourth-order valence-electron chi connectivity index (χ4n) is 7.75. The summed E-state index contributed by atoms with van der Waals surface area (Å²) in [4.78, 5) is 34.3. The lowest BCUT2D eigenvalue weighted by Gasteiger charge is -2.45. The van der Waals surface area contributed by atoms with E-state index < -0.39 is 5.60 Å². The van der Waals surface area contributed by atoms with Crippen LogP contribution in [0.25, 0.3) is 5.57 Å². The molecule has 2 aromatic rings. The number of nitrogens with two attached hydrogens (primary N) is 1. The van der Waals surface area contributed by atoms with Crippen LogP contribution >= 0.6 is 46.4 Å². The number of allylic oxidation sites excluding steroid dienone is 1. The molecule has 2 atom stereocenters. The number of hydrogen-bond donors (Lipinski definition) is 3. The molecule has 0 bridgehead atoms. The Morgan fingerprint density at radius 3 is 2.31 bits per heavy atom. The number of nitrogens with zero attached hydrogens (tertiary/aromatic N) is 3. The molecule has 2 aliphatic heterocycles. The number of carbonyl (C=O) groups is 2. The van der Waals surface area contributed by atoms with E-state index >= 15 is 0 Å². The topological polar surface area (TPSA) is 124 Å². The second-order valence-corrected chi connectivity index (χ2v) is 16.2. The first-order valence-corrected chi connectivity index (χ1v) is 19.7. The number of rotatable bonds is 12. The summed E-state index contributed by atoms with van der Waals surface area (Å²) >= 11 is 27.4. The maximum absolute atomic E-state index is 14.9. The fourth-order valence-corrected chi connectivity index (χ4v) is 8.96. The van der Waals surface area contributed by atoms with E-state index in [2.05, 4.69) is 10.2 Å². The molecule has 0 radical (unpaired) electrons. The van der Waals surface area contributed by atoms with Crippen molar-refractivity contribution in [3.05, 3.63) is 55.6 Å². The number of benzene rings is 2. The van der Waals surface area contributed by atoms with Crippen molar-refractivity contribution in [2.45, 2.75) is 76.5 Å². The van der Waals surface area contributed by atoms with Gasteiger partial charge < -0.3 is 40.6 Å². The van der Waals surface area contributed by atoms with Crippen LogP contribution in [0.4, 0.5) is 5.69 Å². The molecule has 2 aliphatic carbocycles. The molecule has 4 aliphatic rings. The molecule has 2 saturated heterocycles. The average Bonchev–Trinajstić information content (AvgIpc) is 3.97. The number of anilines is 1. The van der Waals surface area contributed by atoms with E-state index in [1.54, 1.807) is 25.9 Å². The zero-order chi connectivity index (χ0) is 37.3. The van der Waals surface area contributed by atoms with Gasteiger partial charge >= 0.3 is 0 Å². The monoisotopic (exact) mass is 792 g/mol. The number of carbonyl (C=O) groups excluding carboxylic acids is 2. The van der Waals surface area contributed by atoms with Crippen LogP contribution in [0.5, 0.6) is 11.5 Å². The van der Waals surface area contributed by atoms with Gasteiger partial charge in [-0.05, 0) is 69.9 Å². The molecule has 14 heteroatoms. The van der Waals surface area contributed by atoms with Crippen LogP contribution in [-0.2, 0) is 9.59 Å². The molecule has 0 spiro atoms. The summed E-state index contributed by atoms with van der Waals surface area (Å²) in [6.45, 7) is 6.89. The number of halogens is 4. The normalized spacial score (nSPS) is 20.6. The largest absolute Gasteiger partial charge is 0.496 e. The minimum atomic E-state index is -1.29. The minimum Gasteiger partial charge on any atom is -0.496 e. The second kappa shape index (κ2) is 16.2. The lowest BCUT2D eigenvalue weighted by atomic mass is 9.75. The Morgan fingerprint density at radius 2 is 1.71 bits per heavy atom. The van der Waals surface area contributed by atoms with Gasteiger partial charge in [-0.25, -0.2) is 0 Å². The van der Waals surface area contributed by atoms with E-state index in [0.717, 1.165) is 49.7 Å². The van der Waals surface area contributed by atoms with Crippen molar-refractivity contribution in [2.24, 2.45) is 17.6 Å². The van der Waals surface area contributed by atoms with Crippen LogP contribution in [0.15, 0.2) is 24.4 Å². The maximum Gasteiger partial charge on any atom is 0.266 e. The predicted molar refractivity (Wildman–Crippen MR) is 209 cm³/mol. The molecule has 2 saturated carbocycles. The standard InChI is InChI=1S/C38H48Cl4N6O4/c1-38(2,37(50)46-16-13-45-14-17-46)52-35-31(41)29(39)30(40)34(32(35)42)47-15-5-8-24(21-47)36(49)48(26-10-11-26)33(22-6-4-7-22)27-12-9-23(18-28(27)51-3)25(19-43)20-44/h9,12,18-20,22,24,26,33,43,45H,4-8,10-11,13-17,21,44H2,1-3H3/b25-20+,43-19?/t24-,33?/m1/s1. The number of amides is 2.